The van der Waals surface area contributed by atoms with E-state index in [4.69, 9.17) is 0 Å². The van der Waals surface area contributed by atoms with Crippen LogP contribution in [0.15, 0.2) is 0 Å². The number of esters is 1. The molecule has 15 heavy (non-hydrogen) atoms. The van der Waals surface area contributed by atoms with Gasteiger partial charge in [-0.05, 0) is 6.42 Å². The van der Waals surface area contributed by atoms with Crippen LogP contribution in [0.4, 0.5) is 0 Å². The lowest BCUT2D eigenvalue weighted by atomic mass is 10.5. The minimum Gasteiger partial charge on any atom is -0.468 e. The fraction of sp³-hybridized carbons (Fsp3) is 0.875. The summed E-state index contributed by atoms with van der Waals surface area (Å²) in [4.78, 5) is 11.0. The van der Waals surface area contributed by atoms with Gasteiger partial charge in [-0.1, -0.05) is 6.92 Å². The van der Waals surface area contributed by atoms with Crippen molar-refractivity contribution in [2.75, 3.05) is 34.3 Å². The highest BCUT2D eigenvalue weighted by Crippen LogP contribution is 2.05. The molecule has 0 N–H and O–H groups in total. The standard InChI is InChI=1S/C8H18N2O4S/c1-5-6-10(7-8(11)14-4)15(12,13)9(2)3/h5-7H2,1-4H3. The number of rotatable bonds is 6. The molecular formula is C8H18N2O4S. The predicted molar refractivity (Wildman–Crippen MR) is 56.5 cm³/mol. The first-order valence-electron chi connectivity index (χ1n) is 4.60. The monoisotopic (exact) mass is 238 g/mol. The van der Waals surface area contributed by atoms with Crippen molar-refractivity contribution in [3.8, 4) is 0 Å². The second-order valence-electron chi connectivity index (χ2n) is 3.20. The molecule has 0 radical (unpaired) electrons. The van der Waals surface area contributed by atoms with Gasteiger partial charge in [0.05, 0.1) is 7.11 Å². The molecule has 0 aromatic rings. The lowest BCUT2D eigenvalue weighted by molar-refractivity contribution is -0.140. The van der Waals surface area contributed by atoms with Crippen LogP contribution in [-0.4, -0.2) is 57.3 Å². The molecule has 0 unspecified atom stereocenters. The molecule has 0 atom stereocenters. The molecule has 0 saturated carbocycles. The smallest absolute Gasteiger partial charge is 0.321 e. The average molecular weight is 238 g/mol. The van der Waals surface area contributed by atoms with E-state index in [2.05, 4.69) is 4.74 Å². The number of carbonyl (C=O) groups is 1. The third-order valence-electron chi connectivity index (χ3n) is 1.79. The molecule has 0 aromatic heterocycles. The summed E-state index contributed by atoms with van der Waals surface area (Å²) in [6.07, 6.45) is 0.643. The third kappa shape index (κ3) is 4.15. The van der Waals surface area contributed by atoms with E-state index in [1.54, 1.807) is 0 Å². The zero-order valence-electron chi connectivity index (χ0n) is 9.56. The summed E-state index contributed by atoms with van der Waals surface area (Å²) in [5.74, 6) is -0.561. The van der Waals surface area contributed by atoms with Crippen LogP contribution in [0, 0.1) is 0 Å². The van der Waals surface area contributed by atoms with Crippen LogP contribution >= 0.6 is 0 Å². The molecule has 0 saturated heterocycles. The van der Waals surface area contributed by atoms with Gasteiger partial charge in [0.15, 0.2) is 0 Å². The van der Waals surface area contributed by atoms with Crippen molar-refractivity contribution < 1.29 is 17.9 Å². The summed E-state index contributed by atoms with van der Waals surface area (Å²) in [7, 11) is 0.542. The fourth-order valence-corrected chi connectivity index (χ4v) is 2.11. The van der Waals surface area contributed by atoms with Gasteiger partial charge in [0.2, 0.25) is 0 Å². The number of nitrogens with zero attached hydrogens (tertiary/aromatic N) is 2. The van der Waals surface area contributed by atoms with Crippen molar-refractivity contribution in [2.24, 2.45) is 0 Å². The van der Waals surface area contributed by atoms with Crippen molar-refractivity contribution in [2.45, 2.75) is 13.3 Å². The van der Waals surface area contributed by atoms with Crippen molar-refractivity contribution >= 4 is 16.2 Å². The van der Waals surface area contributed by atoms with E-state index >= 15 is 0 Å². The van der Waals surface area contributed by atoms with Gasteiger partial charge in [-0.2, -0.15) is 17.0 Å². The molecule has 0 heterocycles. The molecule has 7 heteroatoms. The fourth-order valence-electron chi connectivity index (χ4n) is 0.965. The first kappa shape index (κ1) is 14.3. The van der Waals surface area contributed by atoms with Crippen molar-refractivity contribution in [1.82, 2.24) is 8.61 Å². The minimum atomic E-state index is -3.54. The number of hydrogen-bond acceptors (Lipinski definition) is 4. The van der Waals surface area contributed by atoms with Crippen LogP contribution in [0.3, 0.4) is 0 Å². The lowest BCUT2D eigenvalue weighted by Gasteiger charge is -2.23. The van der Waals surface area contributed by atoms with Crippen LogP contribution in [0.5, 0.6) is 0 Å². The second-order valence-corrected chi connectivity index (χ2v) is 5.34. The van der Waals surface area contributed by atoms with Gasteiger partial charge in [0, 0.05) is 20.6 Å². The highest BCUT2D eigenvalue weighted by atomic mass is 32.2. The second kappa shape index (κ2) is 6.04. The van der Waals surface area contributed by atoms with Gasteiger partial charge in [0.25, 0.3) is 10.2 Å². The molecule has 0 rings (SSSR count). The Bertz CT molecular complexity index is 300. The van der Waals surface area contributed by atoms with E-state index in [1.165, 1.54) is 21.2 Å². The number of ether oxygens (including phenoxy) is 1. The Kier molecular flexibility index (Phi) is 5.77. The SMILES string of the molecule is CCCN(CC(=O)OC)S(=O)(=O)N(C)C. The molecule has 0 aliphatic rings. The van der Waals surface area contributed by atoms with Gasteiger partial charge < -0.3 is 4.74 Å². The van der Waals surface area contributed by atoms with E-state index in [0.29, 0.717) is 13.0 Å². The van der Waals surface area contributed by atoms with Gasteiger partial charge in [-0.15, -0.1) is 0 Å². The Balaban J connectivity index is 4.74. The Morgan fingerprint density at radius 2 is 1.87 bits per heavy atom. The summed E-state index contributed by atoms with van der Waals surface area (Å²) in [5, 5.41) is 0. The van der Waals surface area contributed by atoms with Crippen LogP contribution in [-0.2, 0) is 19.7 Å². The first-order valence-corrected chi connectivity index (χ1v) is 6.00. The molecule has 0 fully saturated rings. The predicted octanol–water partition coefficient (Wildman–Crippen LogP) is -0.322. The molecule has 0 bridgehead atoms. The summed E-state index contributed by atoms with van der Waals surface area (Å²) < 4.78 is 30.0. The van der Waals surface area contributed by atoms with E-state index in [1.807, 2.05) is 6.92 Å². The van der Waals surface area contributed by atoms with E-state index in [-0.39, 0.29) is 6.54 Å². The molecular weight excluding hydrogens is 220 g/mol. The van der Waals surface area contributed by atoms with E-state index in [0.717, 1.165) is 8.61 Å². The molecule has 0 spiro atoms. The Hall–Kier alpha value is -0.660. The average Bonchev–Trinajstić information content (AvgIpc) is 2.16. The minimum absolute atomic E-state index is 0.245. The molecule has 0 aliphatic heterocycles. The Morgan fingerprint density at radius 3 is 2.20 bits per heavy atom. The van der Waals surface area contributed by atoms with Crippen LogP contribution in [0.1, 0.15) is 13.3 Å². The third-order valence-corrected chi connectivity index (χ3v) is 3.68. The van der Waals surface area contributed by atoms with Crippen LogP contribution in [0.2, 0.25) is 0 Å². The maximum Gasteiger partial charge on any atom is 0.321 e. The number of methoxy groups -OCH3 is 1. The van der Waals surface area contributed by atoms with Crippen molar-refractivity contribution in [3.05, 3.63) is 0 Å². The van der Waals surface area contributed by atoms with Gasteiger partial charge in [-0.25, -0.2) is 0 Å². The largest absolute Gasteiger partial charge is 0.468 e. The summed E-state index contributed by atoms with van der Waals surface area (Å²) in [5.41, 5.74) is 0. The van der Waals surface area contributed by atoms with Crippen molar-refractivity contribution in [1.29, 1.82) is 0 Å². The molecule has 0 aromatic carbocycles. The van der Waals surface area contributed by atoms with E-state index < -0.39 is 16.2 Å². The zero-order chi connectivity index (χ0) is 12.1. The topological polar surface area (TPSA) is 66.9 Å². The summed E-state index contributed by atoms with van der Waals surface area (Å²) in [6, 6.07) is 0. The zero-order valence-corrected chi connectivity index (χ0v) is 10.4. The normalized spacial score (nSPS) is 12.1. The Labute approximate surface area is 91.0 Å². The van der Waals surface area contributed by atoms with Crippen molar-refractivity contribution in [3.63, 3.8) is 0 Å². The molecule has 6 nitrogen and oxygen atoms in total. The maximum atomic E-state index is 11.7. The highest BCUT2D eigenvalue weighted by molar-refractivity contribution is 7.86. The van der Waals surface area contributed by atoms with Crippen LogP contribution < -0.4 is 0 Å². The van der Waals surface area contributed by atoms with Gasteiger partial charge >= 0.3 is 5.97 Å². The van der Waals surface area contributed by atoms with Gasteiger partial charge in [0.1, 0.15) is 6.54 Å². The quantitative estimate of drug-likeness (QED) is 0.595. The lowest BCUT2D eigenvalue weighted by Crippen LogP contribution is -2.43. The molecule has 90 valence electrons. The van der Waals surface area contributed by atoms with E-state index in [9.17, 15) is 13.2 Å². The van der Waals surface area contributed by atoms with Gasteiger partial charge in [-0.3, -0.25) is 4.79 Å². The molecule has 0 amide bonds. The number of hydrogen-bond donors (Lipinski definition) is 0. The maximum absolute atomic E-state index is 11.7. The summed E-state index contributed by atoms with van der Waals surface area (Å²) in [6.45, 7) is 1.90. The molecule has 0 aliphatic carbocycles. The first-order chi connectivity index (χ1) is 6.86. The number of carbonyl (C=O) groups excluding carboxylic acids is 1. The highest BCUT2D eigenvalue weighted by Gasteiger charge is 2.25. The Morgan fingerprint density at radius 1 is 1.33 bits per heavy atom. The van der Waals surface area contributed by atoms with Crippen LogP contribution in [0.25, 0.3) is 0 Å². The summed E-state index contributed by atoms with van der Waals surface area (Å²) >= 11 is 0.